The van der Waals surface area contributed by atoms with Gasteiger partial charge in [-0.3, -0.25) is 0 Å². The van der Waals surface area contributed by atoms with E-state index in [1.165, 1.54) is 12.8 Å². The lowest BCUT2D eigenvalue weighted by atomic mass is 9.87. The molecule has 0 amide bonds. The number of hydrogen-bond donors (Lipinski definition) is 3. The van der Waals surface area contributed by atoms with Crippen molar-refractivity contribution in [2.45, 2.75) is 76.6 Å². The van der Waals surface area contributed by atoms with Gasteiger partial charge in [-0.05, 0) is 69.7 Å². The first-order valence-corrected chi connectivity index (χ1v) is 8.82. The lowest BCUT2D eigenvalue weighted by molar-refractivity contribution is -0.0281. The first-order chi connectivity index (χ1) is 10.1. The van der Waals surface area contributed by atoms with E-state index in [0.29, 0.717) is 25.2 Å². The zero-order valence-electron chi connectivity index (χ0n) is 13.5. The summed E-state index contributed by atoms with van der Waals surface area (Å²) in [6.45, 7) is 4.32. The van der Waals surface area contributed by atoms with Crippen LogP contribution in [0.15, 0.2) is 0 Å². The highest BCUT2D eigenvalue weighted by Crippen LogP contribution is 2.25. The quantitative estimate of drug-likeness (QED) is 0.673. The van der Waals surface area contributed by atoms with Gasteiger partial charge >= 0.3 is 0 Å². The average Bonchev–Trinajstić information content (AvgIpc) is 2.49. The van der Waals surface area contributed by atoms with E-state index in [0.717, 1.165) is 51.0 Å². The minimum absolute atomic E-state index is 0.0848. The standard InChI is InChI=1S/C17H33NO3/c1-13-2-8-17(9-3-13)21-12-16(20)11-18-10-14-4-6-15(19)7-5-14/h13-20H,2-12H2,1H3. The van der Waals surface area contributed by atoms with E-state index >= 15 is 0 Å². The van der Waals surface area contributed by atoms with Gasteiger partial charge in [0.05, 0.1) is 24.9 Å². The Labute approximate surface area is 129 Å². The van der Waals surface area contributed by atoms with Crippen LogP contribution in [0.25, 0.3) is 0 Å². The molecule has 0 heterocycles. The average molecular weight is 299 g/mol. The molecule has 0 aromatic heterocycles. The monoisotopic (exact) mass is 299 g/mol. The Hall–Kier alpha value is -0.160. The van der Waals surface area contributed by atoms with Crippen molar-refractivity contribution in [3.63, 3.8) is 0 Å². The molecule has 0 aromatic rings. The number of hydrogen-bond acceptors (Lipinski definition) is 4. The first kappa shape index (κ1) is 17.2. The molecule has 0 aromatic carbocycles. The Morgan fingerprint density at radius 2 is 1.71 bits per heavy atom. The lowest BCUT2D eigenvalue weighted by Crippen LogP contribution is -2.36. The highest BCUT2D eigenvalue weighted by Gasteiger charge is 2.21. The maximum Gasteiger partial charge on any atom is 0.0897 e. The zero-order chi connectivity index (χ0) is 15.1. The van der Waals surface area contributed by atoms with Crippen molar-refractivity contribution in [1.82, 2.24) is 5.32 Å². The smallest absolute Gasteiger partial charge is 0.0897 e. The summed E-state index contributed by atoms with van der Waals surface area (Å²) in [5.74, 6) is 1.49. The molecule has 2 aliphatic rings. The molecule has 4 heteroatoms. The highest BCUT2D eigenvalue weighted by atomic mass is 16.5. The maximum absolute atomic E-state index is 9.98. The van der Waals surface area contributed by atoms with E-state index < -0.39 is 6.10 Å². The lowest BCUT2D eigenvalue weighted by Gasteiger charge is -2.28. The van der Waals surface area contributed by atoms with Gasteiger partial charge in [-0.15, -0.1) is 0 Å². The van der Waals surface area contributed by atoms with E-state index in [9.17, 15) is 10.2 Å². The third kappa shape index (κ3) is 6.64. The van der Waals surface area contributed by atoms with Crippen LogP contribution in [0.1, 0.15) is 58.3 Å². The number of aliphatic hydroxyl groups excluding tert-OH is 2. The molecule has 2 fully saturated rings. The number of aliphatic hydroxyl groups is 2. The van der Waals surface area contributed by atoms with Gasteiger partial charge in [0.15, 0.2) is 0 Å². The van der Waals surface area contributed by atoms with Crippen molar-refractivity contribution in [2.75, 3.05) is 19.7 Å². The highest BCUT2D eigenvalue weighted by molar-refractivity contribution is 4.74. The minimum atomic E-state index is -0.404. The van der Waals surface area contributed by atoms with Crippen LogP contribution in [0.3, 0.4) is 0 Å². The van der Waals surface area contributed by atoms with Crippen LogP contribution in [0.2, 0.25) is 0 Å². The summed E-state index contributed by atoms with van der Waals surface area (Å²) in [5.41, 5.74) is 0. The molecule has 0 aliphatic heterocycles. The van der Waals surface area contributed by atoms with Crippen LogP contribution in [0.4, 0.5) is 0 Å². The van der Waals surface area contributed by atoms with Crippen LogP contribution >= 0.6 is 0 Å². The molecule has 1 unspecified atom stereocenters. The fraction of sp³-hybridized carbons (Fsp3) is 1.00. The van der Waals surface area contributed by atoms with E-state index in [4.69, 9.17) is 4.74 Å². The maximum atomic E-state index is 9.98. The van der Waals surface area contributed by atoms with Gasteiger partial charge in [-0.2, -0.15) is 0 Å². The fourth-order valence-corrected chi connectivity index (χ4v) is 3.51. The van der Waals surface area contributed by atoms with Gasteiger partial charge in [0.2, 0.25) is 0 Å². The van der Waals surface area contributed by atoms with Crippen molar-refractivity contribution < 1.29 is 14.9 Å². The summed E-state index contributed by atoms with van der Waals surface area (Å²) >= 11 is 0. The van der Waals surface area contributed by atoms with Gasteiger partial charge in [0.1, 0.15) is 0 Å². The molecular weight excluding hydrogens is 266 g/mol. The number of rotatable bonds is 7. The summed E-state index contributed by atoms with van der Waals surface area (Å²) in [6, 6.07) is 0. The molecular formula is C17H33NO3. The fourth-order valence-electron chi connectivity index (χ4n) is 3.51. The summed E-state index contributed by atoms with van der Waals surface area (Å²) < 4.78 is 5.83. The predicted octanol–water partition coefficient (Wildman–Crippen LogP) is 2.08. The first-order valence-electron chi connectivity index (χ1n) is 8.82. The largest absolute Gasteiger partial charge is 0.393 e. The molecule has 2 rings (SSSR count). The van der Waals surface area contributed by atoms with Gasteiger partial charge in [-0.1, -0.05) is 6.92 Å². The van der Waals surface area contributed by atoms with Crippen LogP contribution in [0.5, 0.6) is 0 Å². The molecule has 0 bridgehead atoms. The Kier molecular flexibility index (Phi) is 7.44. The molecule has 2 aliphatic carbocycles. The molecule has 1 atom stereocenters. The second-order valence-corrected chi connectivity index (χ2v) is 7.20. The Morgan fingerprint density at radius 1 is 1.05 bits per heavy atom. The molecule has 0 radical (unpaired) electrons. The van der Waals surface area contributed by atoms with E-state index in [1.54, 1.807) is 0 Å². The van der Waals surface area contributed by atoms with E-state index in [-0.39, 0.29) is 6.10 Å². The molecule has 21 heavy (non-hydrogen) atoms. The van der Waals surface area contributed by atoms with Crippen LogP contribution < -0.4 is 5.32 Å². The topological polar surface area (TPSA) is 61.7 Å². The third-order valence-electron chi connectivity index (χ3n) is 5.12. The van der Waals surface area contributed by atoms with Crippen LogP contribution in [-0.2, 0) is 4.74 Å². The minimum Gasteiger partial charge on any atom is -0.393 e. The molecule has 124 valence electrons. The van der Waals surface area contributed by atoms with Crippen molar-refractivity contribution in [2.24, 2.45) is 11.8 Å². The number of ether oxygens (including phenoxy) is 1. The molecule has 4 nitrogen and oxygen atoms in total. The third-order valence-corrected chi connectivity index (χ3v) is 5.12. The van der Waals surface area contributed by atoms with E-state index in [2.05, 4.69) is 12.2 Å². The predicted molar refractivity (Wildman–Crippen MR) is 84.2 cm³/mol. The normalized spacial score (nSPS) is 35.6. The van der Waals surface area contributed by atoms with Crippen molar-refractivity contribution in [3.05, 3.63) is 0 Å². The van der Waals surface area contributed by atoms with Crippen LogP contribution in [0, 0.1) is 11.8 Å². The Balaban J connectivity index is 1.48. The molecule has 0 spiro atoms. The summed E-state index contributed by atoms with van der Waals surface area (Å²) in [5, 5.41) is 22.8. The molecule has 0 saturated heterocycles. The zero-order valence-corrected chi connectivity index (χ0v) is 13.5. The van der Waals surface area contributed by atoms with E-state index in [1.807, 2.05) is 0 Å². The number of nitrogens with one attached hydrogen (secondary N) is 1. The van der Waals surface area contributed by atoms with Crippen molar-refractivity contribution in [3.8, 4) is 0 Å². The second-order valence-electron chi connectivity index (χ2n) is 7.20. The Morgan fingerprint density at radius 3 is 2.38 bits per heavy atom. The molecule has 2 saturated carbocycles. The van der Waals surface area contributed by atoms with Gasteiger partial charge in [0.25, 0.3) is 0 Å². The summed E-state index contributed by atoms with van der Waals surface area (Å²) in [4.78, 5) is 0. The van der Waals surface area contributed by atoms with Crippen molar-refractivity contribution in [1.29, 1.82) is 0 Å². The van der Waals surface area contributed by atoms with Gasteiger partial charge in [0, 0.05) is 6.54 Å². The summed E-state index contributed by atoms with van der Waals surface area (Å²) in [7, 11) is 0. The molecule has 3 N–H and O–H groups in total. The van der Waals surface area contributed by atoms with Crippen molar-refractivity contribution >= 4 is 0 Å². The second kappa shape index (κ2) is 9.09. The SMILES string of the molecule is CC1CCC(OCC(O)CNCC2CCC(O)CC2)CC1. The Bertz CT molecular complexity index is 271. The van der Waals surface area contributed by atoms with Crippen LogP contribution in [-0.4, -0.2) is 48.2 Å². The van der Waals surface area contributed by atoms with Gasteiger partial charge < -0.3 is 20.3 Å². The summed E-state index contributed by atoms with van der Waals surface area (Å²) in [6.07, 6.45) is 8.72. The van der Waals surface area contributed by atoms with Gasteiger partial charge in [-0.25, -0.2) is 0 Å².